The molecule has 6 nitrogen and oxygen atoms in total. The lowest BCUT2D eigenvalue weighted by Crippen LogP contribution is -2.55. The van der Waals surface area contributed by atoms with E-state index in [4.69, 9.17) is 0 Å². The number of likely N-dealkylation sites (tertiary alicyclic amines) is 2. The Morgan fingerprint density at radius 1 is 1.25 bits per heavy atom. The highest BCUT2D eigenvalue weighted by Crippen LogP contribution is 2.39. The number of benzene rings is 1. The minimum Gasteiger partial charge on any atom is -0.348 e. The number of carbonyl (C=O) groups is 2. The van der Waals surface area contributed by atoms with Crippen molar-refractivity contribution >= 4 is 11.8 Å². The summed E-state index contributed by atoms with van der Waals surface area (Å²) in [4.78, 5) is 36.1. The molecule has 4 rings (SSSR count). The fraction of sp³-hybridized carbons (Fsp3) is 0.476. The molecule has 7 heteroatoms. The van der Waals surface area contributed by atoms with E-state index in [1.54, 1.807) is 35.6 Å². The summed E-state index contributed by atoms with van der Waals surface area (Å²) in [5.41, 5.74) is 1.04. The third-order valence-electron chi connectivity index (χ3n) is 6.01. The lowest BCUT2D eigenvalue weighted by molar-refractivity contribution is -0.138. The van der Waals surface area contributed by atoms with E-state index >= 15 is 0 Å². The Bertz CT molecular complexity index is 854. The van der Waals surface area contributed by atoms with Crippen LogP contribution in [0.3, 0.4) is 0 Å². The van der Waals surface area contributed by atoms with Crippen molar-refractivity contribution in [3.63, 3.8) is 0 Å². The van der Waals surface area contributed by atoms with Crippen molar-refractivity contribution in [2.75, 3.05) is 26.2 Å². The molecule has 2 aliphatic rings. The van der Waals surface area contributed by atoms with Crippen molar-refractivity contribution in [1.82, 2.24) is 19.8 Å². The zero-order chi connectivity index (χ0) is 19.6. The summed E-state index contributed by atoms with van der Waals surface area (Å²) in [6.07, 6.45) is 7.31. The molecule has 1 aromatic carbocycles. The Hall–Kier alpha value is -2.70. The fourth-order valence-corrected chi connectivity index (χ4v) is 4.50. The van der Waals surface area contributed by atoms with Crippen LogP contribution >= 0.6 is 0 Å². The predicted octanol–water partition coefficient (Wildman–Crippen LogP) is 2.64. The zero-order valence-electron chi connectivity index (χ0n) is 15.9. The molecular weight excluding hydrogens is 359 g/mol. The van der Waals surface area contributed by atoms with Crippen molar-refractivity contribution in [3.05, 3.63) is 53.9 Å². The Labute approximate surface area is 163 Å². The molecule has 1 spiro atoms. The van der Waals surface area contributed by atoms with Gasteiger partial charge in [-0.15, -0.1) is 0 Å². The molecule has 0 bridgehead atoms. The molecule has 2 amide bonds. The van der Waals surface area contributed by atoms with Gasteiger partial charge in [-0.25, -0.2) is 9.37 Å². The number of H-pyrrole nitrogens is 1. The summed E-state index contributed by atoms with van der Waals surface area (Å²) in [5.74, 6) is -0.562. The van der Waals surface area contributed by atoms with Crippen LogP contribution in [-0.4, -0.2) is 57.8 Å². The second-order valence-corrected chi connectivity index (χ2v) is 7.95. The van der Waals surface area contributed by atoms with Crippen LogP contribution in [0.5, 0.6) is 0 Å². The number of rotatable bonds is 4. The van der Waals surface area contributed by atoms with E-state index in [2.05, 4.69) is 9.97 Å². The van der Waals surface area contributed by atoms with Crippen LogP contribution in [0.2, 0.25) is 0 Å². The Morgan fingerprint density at radius 2 is 2.11 bits per heavy atom. The van der Waals surface area contributed by atoms with Crippen LogP contribution in [0.25, 0.3) is 0 Å². The van der Waals surface area contributed by atoms with Gasteiger partial charge in [0.15, 0.2) is 0 Å². The van der Waals surface area contributed by atoms with Crippen molar-refractivity contribution in [2.45, 2.75) is 32.1 Å². The SMILES string of the molecule is O=C1CCC2(CCCN(C(=O)c3ccccc3F)C2)CN1CCc1cnc[nH]1. The molecule has 3 heterocycles. The Kier molecular flexibility index (Phi) is 5.15. The van der Waals surface area contributed by atoms with Gasteiger partial charge in [-0.3, -0.25) is 9.59 Å². The molecule has 2 fully saturated rings. The maximum atomic E-state index is 14.1. The van der Waals surface area contributed by atoms with E-state index in [1.165, 1.54) is 6.07 Å². The molecule has 1 N–H and O–H groups in total. The number of halogens is 1. The van der Waals surface area contributed by atoms with Crippen molar-refractivity contribution in [1.29, 1.82) is 0 Å². The second kappa shape index (κ2) is 7.73. The van der Waals surface area contributed by atoms with E-state index in [0.717, 1.165) is 31.4 Å². The van der Waals surface area contributed by atoms with Crippen LogP contribution in [0, 0.1) is 11.2 Å². The van der Waals surface area contributed by atoms with Gasteiger partial charge < -0.3 is 14.8 Å². The second-order valence-electron chi connectivity index (χ2n) is 7.95. The van der Waals surface area contributed by atoms with Gasteiger partial charge in [0.1, 0.15) is 5.82 Å². The highest BCUT2D eigenvalue weighted by Gasteiger charge is 2.42. The van der Waals surface area contributed by atoms with E-state index < -0.39 is 5.82 Å². The van der Waals surface area contributed by atoms with Gasteiger partial charge in [0, 0.05) is 56.3 Å². The monoisotopic (exact) mass is 384 g/mol. The van der Waals surface area contributed by atoms with Gasteiger partial charge in [-0.2, -0.15) is 0 Å². The third-order valence-corrected chi connectivity index (χ3v) is 6.01. The minimum atomic E-state index is -0.480. The van der Waals surface area contributed by atoms with Crippen molar-refractivity contribution in [3.8, 4) is 0 Å². The summed E-state index contributed by atoms with van der Waals surface area (Å²) < 4.78 is 14.1. The van der Waals surface area contributed by atoms with Crippen LogP contribution in [0.4, 0.5) is 4.39 Å². The quantitative estimate of drug-likeness (QED) is 0.881. The standard InChI is InChI=1S/C21H25FN4O2/c22-18-5-2-1-4-17(18)20(28)26-10-3-8-21(14-26)9-6-19(27)25(13-21)11-7-16-12-23-15-24-16/h1-2,4-5,12,15H,3,6-11,13-14H2,(H,23,24). The van der Waals surface area contributed by atoms with Crippen LogP contribution in [-0.2, 0) is 11.2 Å². The van der Waals surface area contributed by atoms with E-state index in [9.17, 15) is 14.0 Å². The topological polar surface area (TPSA) is 69.3 Å². The number of piperidine rings is 2. The largest absolute Gasteiger partial charge is 0.348 e. The number of aromatic amines is 1. The summed E-state index contributed by atoms with van der Waals surface area (Å²) in [6.45, 7) is 2.51. The number of carbonyl (C=O) groups excluding carboxylic acids is 2. The van der Waals surface area contributed by atoms with Gasteiger partial charge in [-0.1, -0.05) is 12.1 Å². The first-order chi connectivity index (χ1) is 13.6. The first-order valence-corrected chi connectivity index (χ1v) is 9.85. The van der Waals surface area contributed by atoms with E-state index in [-0.39, 0.29) is 22.8 Å². The van der Waals surface area contributed by atoms with Crippen LogP contribution in [0.15, 0.2) is 36.8 Å². The molecular formula is C21H25FN4O2. The average molecular weight is 384 g/mol. The molecule has 28 heavy (non-hydrogen) atoms. The number of hydrogen-bond acceptors (Lipinski definition) is 3. The maximum absolute atomic E-state index is 14.1. The van der Waals surface area contributed by atoms with Gasteiger partial charge in [0.05, 0.1) is 11.9 Å². The normalized spacial score (nSPS) is 22.7. The third kappa shape index (κ3) is 3.79. The Morgan fingerprint density at radius 3 is 2.89 bits per heavy atom. The molecule has 0 radical (unpaired) electrons. The lowest BCUT2D eigenvalue weighted by atomic mass is 9.73. The van der Waals surface area contributed by atoms with Gasteiger partial charge in [0.2, 0.25) is 5.91 Å². The Balaban J connectivity index is 1.45. The number of aromatic nitrogens is 2. The van der Waals surface area contributed by atoms with Crippen molar-refractivity contribution in [2.24, 2.45) is 5.41 Å². The first kappa shape index (κ1) is 18.7. The highest BCUT2D eigenvalue weighted by atomic mass is 19.1. The molecule has 0 saturated carbocycles. The number of nitrogens with one attached hydrogen (secondary N) is 1. The number of hydrogen-bond donors (Lipinski definition) is 1. The minimum absolute atomic E-state index is 0.0962. The summed E-state index contributed by atoms with van der Waals surface area (Å²) in [7, 11) is 0. The molecule has 2 saturated heterocycles. The summed E-state index contributed by atoms with van der Waals surface area (Å²) in [6, 6.07) is 6.14. The number of imidazole rings is 1. The molecule has 0 aliphatic carbocycles. The summed E-state index contributed by atoms with van der Waals surface area (Å²) >= 11 is 0. The molecule has 1 aromatic heterocycles. The smallest absolute Gasteiger partial charge is 0.256 e. The molecule has 148 valence electrons. The van der Waals surface area contributed by atoms with E-state index in [1.807, 2.05) is 4.90 Å². The maximum Gasteiger partial charge on any atom is 0.256 e. The van der Waals surface area contributed by atoms with Gasteiger partial charge in [0.25, 0.3) is 5.91 Å². The van der Waals surface area contributed by atoms with E-state index in [0.29, 0.717) is 32.6 Å². The predicted molar refractivity (Wildman–Crippen MR) is 102 cm³/mol. The lowest BCUT2D eigenvalue weighted by Gasteiger charge is -2.48. The number of nitrogens with zero attached hydrogens (tertiary/aromatic N) is 3. The average Bonchev–Trinajstić information content (AvgIpc) is 3.23. The van der Waals surface area contributed by atoms with Crippen LogP contribution in [0.1, 0.15) is 41.7 Å². The van der Waals surface area contributed by atoms with Crippen molar-refractivity contribution < 1.29 is 14.0 Å². The van der Waals surface area contributed by atoms with Crippen LogP contribution < -0.4 is 0 Å². The molecule has 1 unspecified atom stereocenters. The highest BCUT2D eigenvalue weighted by molar-refractivity contribution is 5.94. The molecule has 1 atom stereocenters. The molecule has 2 aliphatic heterocycles. The first-order valence-electron chi connectivity index (χ1n) is 9.85. The summed E-state index contributed by atoms with van der Waals surface area (Å²) in [5, 5.41) is 0. The molecule has 2 aromatic rings. The van der Waals surface area contributed by atoms with Gasteiger partial charge >= 0.3 is 0 Å². The zero-order valence-corrected chi connectivity index (χ0v) is 15.9. The fourth-order valence-electron chi connectivity index (χ4n) is 4.50. The number of amides is 2. The van der Waals surface area contributed by atoms with Gasteiger partial charge in [-0.05, 0) is 31.4 Å².